The number of nitrogens with zero attached hydrogens (tertiary/aromatic N) is 4. The Morgan fingerprint density at radius 1 is 1.36 bits per heavy atom. The number of thiazole rings is 1. The van der Waals surface area contributed by atoms with Crippen molar-refractivity contribution in [2.75, 3.05) is 18.4 Å². The molecule has 1 aliphatic rings. The van der Waals surface area contributed by atoms with Crippen LogP contribution in [0.25, 0.3) is 0 Å². The molecule has 1 saturated heterocycles. The molecule has 1 N–H and O–H groups in total. The zero-order chi connectivity index (χ0) is 15.5. The molecule has 6 nitrogen and oxygen atoms in total. The van der Waals surface area contributed by atoms with Gasteiger partial charge in [0, 0.05) is 49.4 Å². The van der Waals surface area contributed by atoms with Crippen LogP contribution in [0.4, 0.5) is 10.9 Å². The molecule has 1 amide bonds. The molecule has 0 radical (unpaired) electrons. The zero-order valence-electron chi connectivity index (χ0n) is 12.7. The molecule has 116 valence electrons. The van der Waals surface area contributed by atoms with Gasteiger partial charge in [-0.1, -0.05) is 0 Å². The highest BCUT2D eigenvalue weighted by Gasteiger charge is 2.26. The maximum atomic E-state index is 11.6. The Hall–Kier alpha value is -2.02. The van der Waals surface area contributed by atoms with Gasteiger partial charge in [0.1, 0.15) is 0 Å². The van der Waals surface area contributed by atoms with Crippen LogP contribution >= 0.6 is 11.3 Å². The SMILES string of the molecule is CC(=O)N1CCC[C@@H](c2nccnc2Nc2ncc(C)s2)C1. The third-order valence-electron chi connectivity index (χ3n) is 3.83. The summed E-state index contributed by atoms with van der Waals surface area (Å²) < 4.78 is 0. The lowest BCUT2D eigenvalue weighted by atomic mass is 9.94. The van der Waals surface area contributed by atoms with Crippen molar-refractivity contribution in [2.24, 2.45) is 0 Å². The van der Waals surface area contributed by atoms with Gasteiger partial charge in [0.05, 0.1) is 5.69 Å². The van der Waals surface area contributed by atoms with E-state index in [9.17, 15) is 4.79 Å². The molecule has 2 aromatic rings. The van der Waals surface area contributed by atoms with Gasteiger partial charge in [-0.15, -0.1) is 11.3 Å². The molecule has 3 heterocycles. The highest BCUT2D eigenvalue weighted by atomic mass is 32.1. The monoisotopic (exact) mass is 317 g/mol. The molecule has 22 heavy (non-hydrogen) atoms. The average molecular weight is 317 g/mol. The Balaban J connectivity index is 1.82. The number of anilines is 2. The van der Waals surface area contributed by atoms with Crippen LogP contribution in [0.3, 0.4) is 0 Å². The maximum absolute atomic E-state index is 11.6. The van der Waals surface area contributed by atoms with Crippen LogP contribution in [-0.2, 0) is 4.79 Å². The second-order valence-corrected chi connectivity index (χ2v) is 6.73. The van der Waals surface area contributed by atoms with Gasteiger partial charge in [0.15, 0.2) is 10.9 Å². The topological polar surface area (TPSA) is 71.0 Å². The van der Waals surface area contributed by atoms with Crippen LogP contribution in [0.15, 0.2) is 18.6 Å². The number of carbonyl (C=O) groups is 1. The molecular formula is C15H19N5OS. The van der Waals surface area contributed by atoms with E-state index >= 15 is 0 Å². The summed E-state index contributed by atoms with van der Waals surface area (Å²) in [6.45, 7) is 5.18. The minimum Gasteiger partial charge on any atom is -0.342 e. The van der Waals surface area contributed by atoms with Gasteiger partial charge < -0.3 is 10.2 Å². The summed E-state index contributed by atoms with van der Waals surface area (Å²) in [4.78, 5) is 27.9. The molecule has 3 rings (SSSR count). The molecule has 1 atom stereocenters. The van der Waals surface area contributed by atoms with Crippen molar-refractivity contribution in [3.05, 3.63) is 29.2 Å². The van der Waals surface area contributed by atoms with Crippen molar-refractivity contribution in [2.45, 2.75) is 32.6 Å². The van der Waals surface area contributed by atoms with E-state index in [1.54, 1.807) is 30.7 Å². The Bertz CT molecular complexity index is 671. The van der Waals surface area contributed by atoms with Crippen molar-refractivity contribution in [1.29, 1.82) is 0 Å². The van der Waals surface area contributed by atoms with E-state index in [4.69, 9.17) is 0 Å². The summed E-state index contributed by atoms with van der Waals surface area (Å²) in [6.07, 6.45) is 7.24. The fraction of sp³-hybridized carbons (Fsp3) is 0.467. The molecule has 0 aliphatic carbocycles. The minimum atomic E-state index is 0.124. The van der Waals surface area contributed by atoms with Crippen molar-refractivity contribution in [1.82, 2.24) is 19.9 Å². The summed E-state index contributed by atoms with van der Waals surface area (Å²) in [5.74, 6) is 1.08. The third kappa shape index (κ3) is 3.24. The fourth-order valence-electron chi connectivity index (χ4n) is 2.74. The van der Waals surface area contributed by atoms with Crippen molar-refractivity contribution >= 4 is 28.2 Å². The number of rotatable bonds is 3. The smallest absolute Gasteiger partial charge is 0.219 e. The van der Waals surface area contributed by atoms with E-state index in [2.05, 4.69) is 20.3 Å². The predicted octanol–water partition coefficient (Wildman–Crippen LogP) is 2.71. The molecule has 1 aliphatic heterocycles. The molecule has 0 spiro atoms. The predicted molar refractivity (Wildman–Crippen MR) is 86.4 cm³/mol. The first-order valence-corrected chi connectivity index (χ1v) is 8.21. The average Bonchev–Trinajstić information content (AvgIpc) is 2.93. The molecular weight excluding hydrogens is 298 g/mol. The number of aromatic nitrogens is 3. The van der Waals surface area contributed by atoms with Gasteiger partial charge in [-0.3, -0.25) is 9.78 Å². The van der Waals surface area contributed by atoms with Gasteiger partial charge in [-0.2, -0.15) is 0 Å². The highest BCUT2D eigenvalue weighted by Crippen LogP contribution is 2.31. The first-order valence-electron chi connectivity index (χ1n) is 7.39. The number of carbonyl (C=O) groups excluding carboxylic acids is 1. The minimum absolute atomic E-state index is 0.124. The van der Waals surface area contributed by atoms with E-state index in [0.29, 0.717) is 6.54 Å². The molecule has 1 fully saturated rings. The third-order valence-corrected chi connectivity index (χ3v) is 4.65. The molecule has 0 aromatic carbocycles. The lowest BCUT2D eigenvalue weighted by Crippen LogP contribution is -2.38. The first-order chi connectivity index (χ1) is 10.6. The Morgan fingerprint density at radius 2 is 2.18 bits per heavy atom. The molecule has 7 heteroatoms. The van der Waals surface area contributed by atoms with E-state index in [1.165, 1.54) is 0 Å². The summed E-state index contributed by atoms with van der Waals surface area (Å²) in [6, 6.07) is 0. The number of amides is 1. The van der Waals surface area contributed by atoms with Crippen LogP contribution in [0, 0.1) is 6.92 Å². The van der Waals surface area contributed by atoms with Crippen molar-refractivity contribution < 1.29 is 4.79 Å². The van der Waals surface area contributed by atoms with Crippen molar-refractivity contribution in [3.63, 3.8) is 0 Å². The second kappa shape index (κ2) is 6.39. The summed E-state index contributed by atoms with van der Waals surface area (Å²) in [5, 5.41) is 4.08. The Morgan fingerprint density at radius 3 is 2.91 bits per heavy atom. The van der Waals surface area contributed by atoms with Crippen LogP contribution in [-0.4, -0.2) is 38.8 Å². The molecule has 0 saturated carbocycles. The highest BCUT2D eigenvalue weighted by molar-refractivity contribution is 7.15. The summed E-state index contributed by atoms with van der Waals surface area (Å²) in [7, 11) is 0. The normalized spacial score (nSPS) is 18.3. The van der Waals surface area contributed by atoms with E-state index in [0.717, 1.165) is 40.9 Å². The lowest BCUT2D eigenvalue weighted by Gasteiger charge is -2.32. The van der Waals surface area contributed by atoms with E-state index < -0.39 is 0 Å². The zero-order valence-corrected chi connectivity index (χ0v) is 13.6. The van der Waals surface area contributed by atoms with E-state index in [1.807, 2.05) is 18.0 Å². The standard InChI is InChI=1S/C15H19N5OS/c1-10-8-18-15(22-10)19-14-13(16-5-6-17-14)12-4-3-7-20(9-12)11(2)21/h5-6,8,12H,3-4,7,9H2,1-2H3,(H,17,18,19)/t12-/m1/s1. The van der Waals surface area contributed by atoms with Gasteiger partial charge in [-0.05, 0) is 19.8 Å². The number of nitrogens with one attached hydrogen (secondary N) is 1. The number of hydrogen-bond acceptors (Lipinski definition) is 6. The van der Waals surface area contributed by atoms with Crippen LogP contribution in [0.1, 0.15) is 36.3 Å². The molecule has 0 unspecified atom stereocenters. The van der Waals surface area contributed by atoms with Crippen molar-refractivity contribution in [3.8, 4) is 0 Å². The van der Waals surface area contributed by atoms with Crippen LogP contribution in [0.2, 0.25) is 0 Å². The maximum Gasteiger partial charge on any atom is 0.219 e. The number of aryl methyl sites for hydroxylation is 1. The summed E-state index contributed by atoms with van der Waals surface area (Å²) >= 11 is 1.59. The van der Waals surface area contributed by atoms with Gasteiger partial charge in [0.25, 0.3) is 0 Å². The van der Waals surface area contributed by atoms with E-state index in [-0.39, 0.29) is 11.8 Å². The number of piperidine rings is 1. The summed E-state index contributed by atoms with van der Waals surface area (Å²) in [5.41, 5.74) is 0.918. The van der Waals surface area contributed by atoms with Gasteiger partial charge in [-0.25, -0.2) is 9.97 Å². The quantitative estimate of drug-likeness (QED) is 0.942. The molecule has 2 aromatic heterocycles. The Kier molecular flexibility index (Phi) is 4.33. The fourth-order valence-corrected chi connectivity index (χ4v) is 3.41. The first kappa shape index (κ1) is 14.9. The number of hydrogen-bond donors (Lipinski definition) is 1. The largest absolute Gasteiger partial charge is 0.342 e. The lowest BCUT2D eigenvalue weighted by molar-refractivity contribution is -0.130. The Labute approximate surface area is 133 Å². The van der Waals surface area contributed by atoms with Crippen LogP contribution < -0.4 is 5.32 Å². The molecule has 0 bridgehead atoms. The second-order valence-electron chi connectivity index (χ2n) is 5.50. The number of likely N-dealkylation sites (tertiary alicyclic amines) is 1. The van der Waals surface area contributed by atoms with Gasteiger partial charge >= 0.3 is 0 Å². The van der Waals surface area contributed by atoms with Crippen LogP contribution in [0.5, 0.6) is 0 Å². The van der Waals surface area contributed by atoms with Gasteiger partial charge in [0.2, 0.25) is 5.91 Å².